The van der Waals surface area contributed by atoms with Crippen molar-refractivity contribution in [1.82, 2.24) is 30.1 Å². The Balaban J connectivity index is 1.38. The van der Waals surface area contributed by atoms with Crippen LogP contribution in [0.5, 0.6) is 0 Å². The van der Waals surface area contributed by atoms with E-state index in [1.54, 1.807) is 0 Å². The van der Waals surface area contributed by atoms with E-state index < -0.39 is 0 Å². The number of hydrogen-bond acceptors (Lipinski definition) is 6. The zero-order chi connectivity index (χ0) is 18.8. The van der Waals surface area contributed by atoms with Crippen LogP contribution in [0.25, 0.3) is 0 Å². The van der Waals surface area contributed by atoms with Crippen molar-refractivity contribution in [2.24, 2.45) is 0 Å². The molecule has 0 bridgehead atoms. The third-order valence-electron chi connectivity index (χ3n) is 5.37. The summed E-state index contributed by atoms with van der Waals surface area (Å²) >= 11 is 0. The van der Waals surface area contributed by atoms with Gasteiger partial charge in [0.25, 0.3) is 0 Å². The predicted molar refractivity (Wildman–Crippen MR) is 98.9 cm³/mol. The number of fused-ring (bicyclic) bond motifs is 1. The van der Waals surface area contributed by atoms with Gasteiger partial charge >= 0.3 is 0 Å². The molecule has 1 amide bonds. The van der Waals surface area contributed by atoms with Gasteiger partial charge in [-0.25, -0.2) is 0 Å². The molecule has 1 saturated heterocycles. The summed E-state index contributed by atoms with van der Waals surface area (Å²) in [4.78, 5) is 19.2. The largest absolute Gasteiger partial charge is 0.337 e. The maximum Gasteiger partial charge on any atom is 0.249 e. The van der Waals surface area contributed by atoms with Gasteiger partial charge in [0.05, 0.1) is 11.4 Å². The van der Waals surface area contributed by atoms with Gasteiger partial charge in [-0.05, 0) is 31.9 Å². The van der Waals surface area contributed by atoms with Crippen LogP contribution in [0, 0.1) is 0 Å². The Hall–Kier alpha value is -2.22. The Labute approximate surface area is 159 Å². The third-order valence-corrected chi connectivity index (χ3v) is 5.37. The van der Waals surface area contributed by atoms with Gasteiger partial charge in [-0.3, -0.25) is 9.48 Å². The van der Waals surface area contributed by atoms with Gasteiger partial charge in [-0.1, -0.05) is 19.0 Å². The fourth-order valence-electron chi connectivity index (χ4n) is 3.86. The molecule has 8 heteroatoms. The highest BCUT2D eigenvalue weighted by Crippen LogP contribution is 2.32. The molecule has 146 valence electrons. The van der Waals surface area contributed by atoms with Crippen LogP contribution in [0.2, 0.25) is 0 Å². The minimum absolute atomic E-state index is 0.0829. The van der Waals surface area contributed by atoms with E-state index in [1.807, 2.05) is 18.7 Å². The summed E-state index contributed by atoms with van der Waals surface area (Å²) in [6, 6.07) is 2.04. The predicted octanol–water partition coefficient (Wildman–Crippen LogP) is 2.18. The standard InChI is InChI=1S/C19H28N6O2/c1-13(2)18-21-19(27-23-18)16-5-3-9-24(16)17(26)7-6-14-11-15-12-20-8-4-10-25(15)22-14/h11,13,16,20H,3-10,12H2,1-2H3/t16-/m0/s1. The highest BCUT2D eigenvalue weighted by atomic mass is 16.5. The molecule has 2 aliphatic rings. The molecular weight excluding hydrogens is 344 g/mol. The number of carbonyl (C=O) groups excluding carboxylic acids is 1. The molecule has 8 nitrogen and oxygen atoms in total. The molecule has 0 radical (unpaired) electrons. The topological polar surface area (TPSA) is 89.1 Å². The molecule has 0 aliphatic carbocycles. The van der Waals surface area contributed by atoms with E-state index in [1.165, 1.54) is 5.69 Å². The first kappa shape index (κ1) is 18.2. The summed E-state index contributed by atoms with van der Waals surface area (Å²) in [6.07, 6.45) is 4.08. The first-order chi connectivity index (χ1) is 13.1. The molecule has 1 fully saturated rings. The smallest absolute Gasteiger partial charge is 0.249 e. The molecule has 4 rings (SSSR count). The van der Waals surface area contributed by atoms with Gasteiger partial charge in [0.15, 0.2) is 5.82 Å². The summed E-state index contributed by atoms with van der Waals surface area (Å²) in [6.45, 7) is 7.65. The number of carbonyl (C=O) groups is 1. The van der Waals surface area contributed by atoms with Crippen LogP contribution in [-0.2, 0) is 24.3 Å². The molecule has 1 atom stereocenters. The summed E-state index contributed by atoms with van der Waals surface area (Å²) in [5.74, 6) is 1.64. The minimum Gasteiger partial charge on any atom is -0.337 e. The number of nitrogens with zero attached hydrogens (tertiary/aromatic N) is 5. The van der Waals surface area contributed by atoms with Crippen molar-refractivity contribution in [2.75, 3.05) is 13.1 Å². The van der Waals surface area contributed by atoms with E-state index >= 15 is 0 Å². The van der Waals surface area contributed by atoms with Gasteiger partial charge in [0.1, 0.15) is 6.04 Å². The molecule has 0 unspecified atom stereocenters. The molecule has 0 spiro atoms. The van der Waals surface area contributed by atoms with Crippen molar-refractivity contribution in [3.63, 3.8) is 0 Å². The van der Waals surface area contributed by atoms with Crippen molar-refractivity contribution < 1.29 is 9.32 Å². The summed E-state index contributed by atoms with van der Waals surface area (Å²) in [7, 11) is 0. The lowest BCUT2D eigenvalue weighted by Crippen LogP contribution is -2.31. The summed E-state index contributed by atoms with van der Waals surface area (Å²) < 4.78 is 7.52. The lowest BCUT2D eigenvalue weighted by atomic mass is 10.1. The van der Waals surface area contributed by atoms with Gasteiger partial charge in [-0.15, -0.1) is 0 Å². The van der Waals surface area contributed by atoms with E-state index in [2.05, 4.69) is 31.3 Å². The molecule has 0 saturated carbocycles. The highest BCUT2D eigenvalue weighted by Gasteiger charge is 2.34. The Morgan fingerprint density at radius 1 is 1.37 bits per heavy atom. The van der Waals surface area contributed by atoms with E-state index in [4.69, 9.17) is 4.52 Å². The monoisotopic (exact) mass is 372 g/mol. The average molecular weight is 372 g/mol. The summed E-state index contributed by atoms with van der Waals surface area (Å²) in [5, 5.41) is 12.1. The molecular formula is C19H28N6O2. The maximum atomic E-state index is 12.8. The van der Waals surface area contributed by atoms with Crippen molar-refractivity contribution in [3.8, 4) is 0 Å². The Bertz CT molecular complexity index is 772. The van der Waals surface area contributed by atoms with Crippen LogP contribution >= 0.6 is 0 Å². The van der Waals surface area contributed by atoms with Crippen LogP contribution in [0.4, 0.5) is 0 Å². The number of likely N-dealkylation sites (tertiary alicyclic amines) is 1. The number of amides is 1. The van der Waals surface area contributed by atoms with Gasteiger partial charge in [0.2, 0.25) is 11.8 Å². The second-order valence-electron chi connectivity index (χ2n) is 7.77. The first-order valence-electron chi connectivity index (χ1n) is 10.0. The van der Waals surface area contributed by atoms with Crippen LogP contribution < -0.4 is 5.32 Å². The molecule has 0 aromatic carbocycles. The van der Waals surface area contributed by atoms with Crippen LogP contribution in [-0.4, -0.2) is 43.8 Å². The number of aryl methyl sites for hydroxylation is 2. The lowest BCUT2D eigenvalue weighted by Gasteiger charge is -2.21. The Kier molecular flexibility index (Phi) is 5.24. The number of aromatic nitrogens is 4. The molecule has 4 heterocycles. The van der Waals surface area contributed by atoms with Crippen molar-refractivity contribution in [2.45, 2.75) is 71.0 Å². The minimum atomic E-state index is -0.0829. The second-order valence-corrected chi connectivity index (χ2v) is 7.77. The van der Waals surface area contributed by atoms with Gasteiger partial charge < -0.3 is 14.7 Å². The number of hydrogen-bond donors (Lipinski definition) is 1. The van der Waals surface area contributed by atoms with Crippen LogP contribution in [0.1, 0.15) is 74.6 Å². The van der Waals surface area contributed by atoms with E-state index in [-0.39, 0.29) is 17.9 Å². The zero-order valence-electron chi connectivity index (χ0n) is 16.1. The van der Waals surface area contributed by atoms with Crippen LogP contribution in [0.3, 0.4) is 0 Å². The Morgan fingerprint density at radius 2 is 2.26 bits per heavy atom. The second kappa shape index (κ2) is 7.80. The molecule has 2 aliphatic heterocycles. The number of rotatable bonds is 5. The lowest BCUT2D eigenvalue weighted by molar-refractivity contribution is -0.132. The molecule has 1 N–H and O–H groups in total. The SMILES string of the molecule is CC(C)c1noc([C@@H]2CCCN2C(=O)CCc2cc3n(n2)CCCNC3)n1. The third kappa shape index (κ3) is 3.90. The van der Waals surface area contributed by atoms with Crippen molar-refractivity contribution in [1.29, 1.82) is 0 Å². The molecule has 2 aromatic heterocycles. The van der Waals surface area contributed by atoms with E-state index in [9.17, 15) is 4.79 Å². The summed E-state index contributed by atoms with van der Waals surface area (Å²) in [5.41, 5.74) is 2.21. The first-order valence-corrected chi connectivity index (χ1v) is 10.0. The fraction of sp³-hybridized carbons (Fsp3) is 0.684. The van der Waals surface area contributed by atoms with Crippen molar-refractivity contribution in [3.05, 3.63) is 29.2 Å². The normalized spacial score (nSPS) is 20.1. The quantitative estimate of drug-likeness (QED) is 0.865. The molecule has 27 heavy (non-hydrogen) atoms. The maximum absolute atomic E-state index is 12.8. The molecule has 2 aromatic rings. The van der Waals surface area contributed by atoms with Gasteiger partial charge in [0, 0.05) is 38.4 Å². The van der Waals surface area contributed by atoms with E-state index in [0.29, 0.717) is 24.6 Å². The van der Waals surface area contributed by atoms with Crippen molar-refractivity contribution >= 4 is 5.91 Å². The number of nitrogens with one attached hydrogen (secondary N) is 1. The fourth-order valence-corrected chi connectivity index (χ4v) is 3.86. The van der Waals surface area contributed by atoms with E-state index in [0.717, 1.165) is 51.1 Å². The van der Waals surface area contributed by atoms with Gasteiger partial charge in [-0.2, -0.15) is 10.1 Å². The Morgan fingerprint density at radius 3 is 3.07 bits per heavy atom. The average Bonchev–Trinajstić information content (AvgIpc) is 3.36. The highest BCUT2D eigenvalue weighted by molar-refractivity contribution is 5.77. The zero-order valence-corrected chi connectivity index (χ0v) is 16.1. The van der Waals surface area contributed by atoms with Crippen LogP contribution in [0.15, 0.2) is 10.6 Å².